The maximum Gasteiger partial charge on any atom is 0.271 e. The van der Waals surface area contributed by atoms with Gasteiger partial charge >= 0.3 is 0 Å². The van der Waals surface area contributed by atoms with Crippen LogP contribution in [0.15, 0.2) is 36.4 Å². The molecule has 0 spiro atoms. The predicted molar refractivity (Wildman–Crippen MR) is 92.3 cm³/mol. The lowest BCUT2D eigenvalue weighted by Crippen LogP contribution is -2.12. The molecule has 25 heavy (non-hydrogen) atoms. The molecule has 1 N–H and O–H groups in total. The van der Waals surface area contributed by atoms with E-state index in [1.807, 2.05) is 0 Å². The summed E-state index contributed by atoms with van der Waals surface area (Å²) in [5.41, 5.74) is 0.102. The number of aromatic nitrogens is 1. The number of hydrogen-bond donors (Lipinski definition) is 1. The van der Waals surface area contributed by atoms with E-state index in [9.17, 15) is 25.0 Å². The monoisotopic (exact) mass is 378 g/mol. The fourth-order valence-corrected chi connectivity index (χ4v) is 3.15. The van der Waals surface area contributed by atoms with Crippen molar-refractivity contribution in [2.75, 3.05) is 5.32 Å². The molecular formula is C14H7ClN4O5S. The number of anilines is 1. The van der Waals surface area contributed by atoms with Crippen LogP contribution >= 0.6 is 22.9 Å². The van der Waals surface area contributed by atoms with Gasteiger partial charge in [0.2, 0.25) is 0 Å². The first-order valence-electron chi connectivity index (χ1n) is 6.65. The van der Waals surface area contributed by atoms with Crippen LogP contribution in [0.4, 0.5) is 16.5 Å². The standard InChI is InChI=1S/C14H7ClN4O5S/c15-10-5-7(18(21)22)1-3-9(10)13(20)17-14-16-11-6-8(19(23)24)2-4-12(11)25-14/h1-6H,(H,16,17,20). The van der Waals surface area contributed by atoms with E-state index in [2.05, 4.69) is 10.3 Å². The van der Waals surface area contributed by atoms with Crippen LogP contribution in [0, 0.1) is 20.2 Å². The first kappa shape index (κ1) is 16.7. The molecule has 1 amide bonds. The van der Waals surface area contributed by atoms with Gasteiger partial charge < -0.3 is 0 Å². The van der Waals surface area contributed by atoms with Crippen LogP contribution in [0.1, 0.15) is 10.4 Å². The molecule has 0 saturated carbocycles. The zero-order valence-electron chi connectivity index (χ0n) is 12.1. The number of benzene rings is 2. The second-order valence-electron chi connectivity index (χ2n) is 4.80. The molecule has 9 nitrogen and oxygen atoms in total. The largest absolute Gasteiger partial charge is 0.298 e. The lowest BCUT2D eigenvalue weighted by molar-refractivity contribution is -0.385. The van der Waals surface area contributed by atoms with Gasteiger partial charge in [-0.3, -0.25) is 30.3 Å². The fraction of sp³-hybridized carbons (Fsp3) is 0. The minimum Gasteiger partial charge on any atom is -0.298 e. The van der Waals surface area contributed by atoms with Crippen molar-refractivity contribution in [3.8, 4) is 0 Å². The normalized spacial score (nSPS) is 10.6. The molecule has 0 atom stereocenters. The number of thiazole rings is 1. The Morgan fingerprint density at radius 3 is 2.36 bits per heavy atom. The van der Waals surface area contributed by atoms with Crippen LogP contribution in [-0.2, 0) is 0 Å². The van der Waals surface area contributed by atoms with Crippen LogP contribution < -0.4 is 5.32 Å². The molecule has 0 bridgehead atoms. The summed E-state index contributed by atoms with van der Waals surface area (Å²) in [6.45, 7) is 0. The number of amides is 1. The molecule has 1 aromatic heterocycles. The molecule has 0 radical (unpaired) electrons. The van der Waals surface area contributed by atoms with Crippen molar-refractivity contribution in [1.82, 2.24) is 4.98 Å². The number of rotatable bonds is 4. The first-order chi connectivity index (χ1) is 11.8. The average molecular weight is 379 g/mol. The average Bonchev–Trinajstić information content (AvgIpc) is 2.95. The molecule has 1 heterocycles. The van der Waals surface area contributed by atoms with Crippen LogP contribution in [0.3, 0.4) is 0 Å². The summed E-state index contributed by atoms with van der Waals surface area (Å²) in [6.07, 6.45) is 0. The Morgan fingerprint density at radius 2 is 1.72 bits per heavy atom. The summed E-state index contributed by atoms with van der Waals surface area (Å²) in [6, 6.07) is 7.69. The number of nitrogens with one attached hydrogen (secondary N) is 1. The number of carbonyl (C=O) groups excluding carboxylic acids is 1. The van der Waals surface area contributed by atoms with E-state index in [1.54, 1.807) is 6.07 Å². The number of non-ortho nitro benzene ring substituents is 2. The van der Waals surface area contributed by atoms with E-state index in [4.69, 9.17) is 11.6 Å². The molecule has 0 saturated heterocycles. The van der Waals surface area contributed by atoms with Crippen molar-refractivity contribution in [3.63, 3.8) is 0 Å². The molecule has 126 valence electrons. The third-order valence-corrected chi connectivity index (χ3v) is 4.48. The molecule has 0 unspecified atom stereocenters. The second kappa shape index (κ2) is 6.42. The van der Waals surface area contributed by atoms with Gasteiger partial charge in [-0.05, 0) is 12.1 Å². The van der Waals surface area contributed by atoms with E-state index in [0.29, 0.717) is 10.2 Å². The number of hydrogen-bond acceptors (Lipinski definition) is 7. The van der Waals surface area contributed by atoms with Crippen molar-refractivity contribution < 1.29 is 14.6 Å². The highest BCUT2D eigenvalue weighted by atomic mass is 35.5. The third kappa shape index (κ3) is 3.39. The molecule has 0 aliphatic carbocycles. The number of halogens is 1. The maximum absolute atomic E-state index is 12.3. The van der Waals surface area contributed by atoms with E-state index < -0.39 is 15.8 Å². The molecule has 2 aromatic carbocycles. The third-order valence-electron chi connectivity index (χ3n) is 3.21. The minimum atomic E-state index is -0.617. The topological polar surface area (TPSA) is 128 Å². The molecule has 11 heteroatoms. The number of fused-ring (bicyclic) bond motifs is 1. The lowest BCUT2D eigenvalue weighted by Gasteiger charge is -2.03. The van der Waals surface area contributed by atoms with Gasteiger partial charge in [0.05, 0.1) is 30.6 Å². The van der Waals surface area contributed by atoms with Crippen molar-refractivity contribution in [1.29, 1.82) is 0 Å². The molecule has 0 fully saturated rings. The van der Waals surface area contributed by atoms with Crippen LogP contribution in [-0.4, -0.2) is 20.7 Å². The highest BCUT2D eigenvalue weighted by Crippen LogP contribution is 2.30. The first-order valence-corrected chi connectivity index (χ1v) is 7.85. The van der Waals surface area contributed by atoms with Crippen LogP contribution in [0.2, 0.25) is 5.02 Å². The Labute approximate surface area is 148 Å². The Hall–Kier alpha value is -3.11. The molecule has 3 rings (SSSR count). The predicted octanol–water partition coefficient (Wildman–Crippen LogP) is 4.02. The Balaban J connectivity index is 1.87. The van der Waals surface area contributed by atoms with Gasteiger partial charge in [0.25, 0.3) is 17.3 Å². The van der Waals surface area contributed by atoms with Crippen LogP contribution in [0.25, 0.3) is 10.2 Å². The summed E-state index contributed by atoms with van der Waals surface area (Å²) in [4.78, 5) is 36.7. The summed E-state index contributed by atoms with van der Waals surface area (Å²) in [7, 11) is 0. The quantitative estimate of drug-likeness (QED) is 0.539. The van der Waals surface area contributed by atoms with Gasteiger partial charge in [-0.1, -0.05) is 22.9 Å². The summed E-state index contributed by atoms with van der Waals surface area (Å²) in [5.74, 6) is -0.589. The fourth-order valence-electron chi connectivity index (χ4n) is 2.05. The van der Waals surface area contributed by atoms with Gasteiger partial charge in [0, 0.05) is 24.3 Å². The van der Waals surface area contributed by atoms with Crippen LogP contribution in [0.5, 0.6) is 0 Å². The summed E-state index contributed by atoms with van der Waals surface area (Å²) >= 11 is 7.05. The maximum atomic E-state index is 12.3. The van der Waals surface area contributed by atoms with E-state index >= 15 is 0 Å². The smallest absolute Gasteiger partial charge is 0.271 e. The Bertz CT molecular complexity index is 1040. The number of nitrogens with zero attached hydrogens (tertiary/aromatic N) is 3. The molecule has 3 aromatic rings. The lowest BCUT2D eigenvalue weighted by atomic mass is 10.2. The summed E-state index contributed by atoms with van der Waals surface area (Å²) < 4.78 is 0.663. The van der Waals surface area contributed by atoms with Gasteiger partial charge in [-0.2, -0.15) is 0 Å². The van der Waals surface area contributed by atoms with Gasteiger partial charge in [-0.25, -0.2) is 4.98 Å². The van der Waals surface area contributed by atoms with Crippen molar-refractivity contribution >= 4 is 55.6 Å². The van der Waals surface area contributed by atoms with E-state index in [1.165, 1.54) is 24.3 Å². The molecule has 0 aliphatic rings. The van der Waals surface area contributed by atoms with E-state index in [-0.39, 0.29) is 27.1 Å². The zero-order chi connectivity index (χ0) is 18.1. The van der Waals surface area contributed by atoms with Crippen molar-refractivity contribution in [2.24, 2.45) is 0 Å². The van der Waals surface area contributed by atoms with Gasteiger partial charge in [0.15, 0.2) is 5.13 Å². The molecule has 0 aliphatic heterocycles. The highest BCUT2D eigenvalue weighted by molar-refractivity contribution is 7.22. The minimum absolute atomic E-state index is 0.0532. The van der Waals surface area contributed by atoms with Gasteiger partial charge in [-0.15, -0.1) is 0 Å². The highest BCUT2D eigenvalue weighted by Gasteiger charge is 2.17. The Kier molecular flexibility index (Phi) is 4.30. The van der Waals surface area contributed by atoms with Crippen molar-refractivity contribution in [3.05, 3.63) is 67.2 Å². The summed E-state index contributed by atoms with van der Waals surface area (Å²) in [5, 5.41) is 24.2. The molecular weight excluding hydrogens is 372 g/mol. The Morgan fingerprint density at radius 1 is 1.08 bits per heavy atom. The number of carbonyl (C=O) groups is 1. The zero-order valence-corrected chi connectivity index (χ0v) is 13.7. The van der Waals surface area contributed by atoms with Crippen molar-refractivity contribution in [2.45, 2.75) is 0 Å². The van der Waals surface area contributed by atoms with Gasteiger partial charge in [0.1, 0.15) is 0 Å². The SMILES string of the molecule is O=C(Nc1nc2cc([N+](=O)[O-])ccc2s1)c1ccc([N+](=O)[O-])cc1Cl. The van der Waals surface area contributed by atoms with E-state index in [0.717, 1.165) is 17.4 Å². The second-order valence-corrected chi connectivity index (χ2v) is 6.24. The number of nitro benzene ring substituents is 2. The number of nitro groups is 2.